The van der Waals surface area contributed by atoms with Gasteiger partial charge < -0.3 is 14.2 Å². The molecule has 0 bridgehead atoms. The zero-order chi connectivity index (χ0) is 20.2. The molecule has 1 unspecified atom stereocenters. The highest BCUT2D eigenvalue weighted by Crippen LogP contribution is 2.33. The third-order valence-electron chi connectivity index (χ3n) is 5.35. The fraction of sp³-hybridized carbons (Fsp3) is 0.304. The summed E-state index contributed by atoms with van der Waals surface area (Å²) in [6.45, 7) is 0.638. The van der Waals surface area contributed by atoms with Gasteiger partial charge in [0, 0.05) is 23.7 Å². The first kappa shape index (κ1) is 19.2. The van der Waals surface area contributed by atoms with E-state index in [0.717, 1.165) is 42.7 Å². The van der Waals surface area contributed by atoms with Gasteiger partial charge in [0.15, 0.2) is 5.76 Å². The normalized spacial score (nSPS) is 17.0. The lowest BCUT2D eigenvalue weighted by Crippen LogP contribution is -2.34. The van der Waals surface area contributed by atoms with E-state index in [0.29, 0.717) is 17.9 Å². The van der Waals surface area contributed by atoms with Gasteiger partial charge in [0.05, 0.1) is 13.2 Å². The zero-order valence-corrected chi connectivity index (χ0v) is 16.3. The Morgan fingerprint density at radius 3 is 2.59 bits per heavy atom. The molecule has 0 spiro atoms. The van der Waals surface area contributed by atoms with E-state index in [4.69, 9.17) is 9.26 Å². The number of benzene rings is 2. The number of hydrogen-bond acceptors (Lipinski definition) is 4. The smallest absolute Gasteiger partial charge is 0.254 e. The molecule has 1 saturated heterocycles. The van der Waals surface area contributed by atoms with Gasteiger partial charge in [-0.2, -0.15) is 0 Å². The van der Waals surface area contributed by atoms with E-state index in [-0.39, 0.29) is 17.8 Å². The number of carbonyl (C=O) groups is 1. The molecule has 1 aliphatic rings. The van der Waals surface area contributed by atoms with Gasteiger partial charge in [0.1, 0.15) is 17.3 Å². The van der Waals surface area contributed by atoms with E-state index in [1.165, 1.54) is 24.3 Å². The molecule has 1 atom stereocenters. The second kappa shape index (κ2) is 8.47. The summed E-state index contributed by atoms with van der Waals surface area (Å²) in [7, 11) is 1.63. The lowest BCUT2D eigenvalue weighted by Gasteiger charge is -2.28. The van der Waals surface area contributed by atoms with Crippen LogP contribution < -0.4 is 4.74 Å². The summed E-state index contributed by atoms with van der Waals surface area (Å²) in [5, 5.41) is 4.22. The number of hydrogen-bond donors (Lipinski definition) is 0. The van der Waals surface area contributed by atoms with Crippen LogP contribution in [0.3, 0.4) is 0 Å². The van der Waals surface area contributed by atoms with Crippen molar-refractivity contribution in [3.8, 4) is 17.0 Å². The van der Waals surface area contributed by atoms with Gasteiger partial charge >= 0.3 is 0 Å². The minimum atomic E-state index is -0.353. The fourth-order valence-corrected chi connectivity index (χ4v) is 3.75. The number of methoxy groups -OCH3 is 1. The van der Waals surface area contributed by atoms with Crippen LogP contribution in [0.4, 0.5) is 4.39 Å². The zero-order valence-electron chi connectivity index (χ0n) is 16.3. The third-order valence-corrected chi connectivity index (χ3v) is 5.35. The molecule has 150 valence electrons. The number of nitrogens with zero attached hydrogens (tertiary/aromatic N) is 2. The number of halogens is 1. The molecule has 2 aromatic carbocycles. The van der Waals surface area contributed by atoms with Crippen LogP contribution in [0.1, 0.15) is 47.8 Å². The number of carbonyl (C=O) groups excluding carboxylic acids is 1. The van der Waals surface area contributed by atoms with E-state index >= 15 is 0 Å². The van der Waals surface area contributed by atoms with Crippen LogP contribution in [0, 0.1) is 5.82 Å². The van der Waals surface area contributed by atoms with Crippen molar-refractivity contribution in [2.24, 2.45) is 0 Å². The summed E-state index contributed by atoms with van der Waals surface area (Å²) < 4.78 is 24.1. The highest BCUT2D eigenvalue weighted by molar-refractivity contribution is 5.94. The van der Waals surface area contributed by atoms with Crippen molar-refractivity contribution in [2.45, 2.75) is 31.7 Å². The molecular formula is C23H23FN2O3. The maximum Gasteiger partial charge on any atom is 0.254 e. The monoisotopic (exact) mass is 394 g/mol. The molecule has 3 aromatic rings. The fourth-order valence-electron chi connectivity index (χ4n) is 3.75. The van der Waals surface area contributed by atoms with Crippen molar-refractivity contribution in [2.75, 3.05) is 13.7 Å². The largest absolute Gasteiger partial charge is 0.497 e. The van der Waals surface area contributed by atoms with Gasteiger partial charge in [0.2, 0.25) is 0 Å². The van der Waals surface area contributed by atoms with Gasteiger partial charge in [-0.3, -0.25) is 4.79 Å². The first-order chi connectivity index (χ1) is 14.2. The molecule has 29 heavy (non-hydrogen) atoms. The molecule has 1 amide bonds. The Morgan fingerprint density at radius 2 is 1.86 bits per heavy atom. The number of amides is 1. The minimum absolute atomic E-state index is 0.112. The van der Waals surface area contributed by atoms with Crippen LogP contribution in [0.2, 0.25) is 0 Å². The third kappa shape index (κ3) is 4.16. The Labute approximate surface area is 169 Å². The Bertz CT molecular complexity index is 967. The number of rotatable bonds is 4. The second-order valence-electron chi connectivity index (χ2n) is 7.21. The van der Waals surface area contributed by atoms with Crippen molar-refractivity contribution in [1.82, 2.24) is 10.1 Å². The molecule has 0 aliphatic carbocycles. The Kier molecular flexibility index (Phi) is 5.60. The summed E-state index contributed by atoms with van der Waals surface area (Å²) in [5.41, 5.74) is 2.13. The van der Waals surface area contributed by atoms with Crippen LogP contribution in [0.15, 0.2) is 59.1 Å². The van der Waals surface area contributed by atoms with E-state index in [2.05, 4.69) is 5.16 Å². The van der Waals surface area contributed by atoms with E-state index < -0.39 is 0 Å². The molecule has 4 rings (SSSR count). The van der Waals surface area contributed by atoms with Crippen molar-refractivity contribution in [3.05, 3.63) is 71.7 Å². The molecule has 0 saturated carbocycles. The highest BCUT2D eigenvalue weighted by Gasteiger charge is 2.30. The van der Waals surface area contributed by atoms with Crippen LogP contribution in [0.5, 0.6) is 5.75 Å². The molecular weight excluding hydrogens is 371 g/mol. The highest BCUT2D eigenvalue weighted by atomic mass is 19.1. The maximum atomic E-state index is 13.3. The number of aromatic nitrogens is 1. The van der Waals surface area contributed by atoms with Crippen molar-refractivity contribution >= 4 is 5.91 Å². The molecule has 6 heteroatoms. The van der Waals surface area contributed by atoms with Crippen LogP contribution in [0.25, 0.3) is 11.3 Å². The maximum absolute atomic E-state index is 13.3. The van der Waals surface area contributed by atoms with Gasteiger partial charge in [-0.1, -0.05) is 18.0 Å². The van der Waals surface area contributed by atoms with Crippen molar-refractivity contribution in [3.63, 3.8) is 0 Å². The quantitative estimate of drug-likeness (QED) is 0.607. The van der Waals surface area contributed by atoms with Crippen molar-refractivity contribution in [1.29, 1.82) is 0 Å². The molecule has 1 aromatic heterocycles. The van der Waals surface area contributed by atoms with Crippen LogP contribution >= 0.6 is 0 Å². The van der Waals surface area contributed by atoms with Gasteiger partial charge in [-0.05, 0) is 61.4 Å². The predicted octanol–water partition coefficient (Wildman–Crippen LogP) is 5.25. The SMILES string of the molecule is COc1ccc(-c2cc(C3CCCCCN3C(=O)c3ccc(F)cc3)on2)cc1. The molecule has 1 fully saturated rings. The average molecular weight is 394 g/mol. The topological polar surface area (TPSA) is 55.6 Å². The lowest BCUT2D eigenvalue weighted by molar-refractivity contribution is 0.0651. The van der Waals surface area contributed by atoms with Gasteiger partial charge in [0.25, 0.3) is 5.91 Å². The molecule has 0 radical (unpaired) electrons. The Hall–Kier alpha value is -3.15. The Balaban J connectivity index is 1.61. The van der Waals surface area contributed by atoms with Crippen LogP contribution in [-0.2, 0) is 0 Å². The molecule has 5 nitrogen and oxygen atoms in total. The van der Waals surface area contributed by atoms with E-state index in [1.807, 2.05) is 35.2 Å². The summed E-state index contributed by atoms with van der Waals surface area (Å²) in [6.07, 6.45) is 3.81. The first-order valence-electron chi connectivity index (χ1n) is 9.83. The van der Waals surface area contributed by atoms with E-state index in [9.17, 15) is 9.18 Å². The number of likely N-dealkylation sites (tertiary alicyclic amines) is 1. The number of ether oxygens (including phenoxy) is 1. The minimum Gasteiger partial charge on any atom is -0.497 e. The standard InChI is InChI=1S/C23H23FN2O3/c1-28-19-12-8-16(9-13-19)20-15-22(29-25-20)21-5-3-2-4-14-26(21)23(27)17-6-10-18(24)11-7-17/h6-13,15,21H,2-5,14H2,1H3. The molecule has 1 aliphatic heterocycles. The lowest BCUT2D eigenvalue weighted by atomic mass is 10.0. The Morgan fingerprint density at radius 1 is 1.10 bits per heavy atom. The summed E-state index contributed by atoms with van der Waals surface area (Å²) >= 11 is 0. The van der Waals surface area contributed by atoms with Gasteiger partial charge in [-0.15, -0.1) is 0 Å². The average Bonchev–Trinajstić information content (AvgIpc) is 3.11. The molecule has 2 heterocycles. The summed E-state index contributed by atoms with van der Waals surface area (Å²) in [4.78, 5) is 15.0. The van der Waals surface area contributed by atoms with Gasteiger partial charge in [-0.25, -0.2) is 4.39 Å². The summed E-state index contributed by atoms with van der Waals surface area (Å²) in [6, 6.07) is 15.0. The van der Waals surface area contributed by atoms with Crippen molar-refractivity contribution < 1.29 is 18.4 Å². The summed E-state index contributed by atoms with van der Waals surface area (Å²) in [5.74, 6) is 0.984. The van der Waals surface area contributed by atoms with Crippen LogP contribution in [-0.4, -0.2) is 29.6 Å². The first-order valence-corrected chi connectivity index (χ1v) is 9.83. The molecule has 0 N–H and O–H groups in total. The second-order valence-corrected chi connectivity index (χ2v) is 7.21. The van der Waals surface area contributed by atoms with E-state index in [1.54, 1.807) is 7.11 Å². The predicted molar refractivity (Wildman–Crippen MR) is 107 cm³/mol.